The molecule has 9 heteroatoms. The first kappa shape index (κ1) is 19.1. The van der Waals surface area contributed by atoms with Crippen LogP contribution in [0.5, 0.6) is 11.5 Å². The van der Waals surface area contributed by atoms with E-state index in [9.17, 15) is 9.18 Å². The molecule has 3 aliphatic heterocycles. The average Bonchev–Trinajstić information content (AvgIpc) is 3.39. The van der Waals surface area contributed by atoms with Crippen LogP contribution in [0.3, 0.4) is 0 Å². The Kier molecular flexibility index (Phi) is 3.82. The first-order valence-corrected chi connectivity index (χ1v) is 11.6. The Hall–Kier alpha value is -3.36. The maximum atomic E-state index is 14.3. The van der Waals surface area contributed by atoms with E-state index in [2.05, 4.69) is 15.3 Å². The largest absolute Gasteiger partial charge is 0.490 e. The zero-order valence-corrected chi connectivity index (χ0v) is 18.3. The number of ether oxygens (including phenoxy) is 2. The van der Waals surface area contributed by atoms with Gasteiger partial charge in [0.2, 0.25) is 0 Å². The van der Waals surface area contributed by atoms with Crippen molar-refractivity contribution in [1.82, 2.24) is 19.9 Å². The zero-order chi connectivity index (χ0) is 22.3. The third kappa shape index (κ3) is 2.91. The lowest BCUT2D eigenvalue weighted by molar-refractivity contribution is 0.0286. The third-order valence-corrected chi connectivity index (χ3v) is 7.48. The number of benzene rings is 1. The predicted octanol–water partition coefficient (Wildman–Crippen LogP) is 3.23. The Morgan fingerprint density at radius 2 is 2.09 bits per heavy atom. The van der Waals surface area contributed by atoms with Gasteiger partial charge in [-0.05, 0) is 44.4 Å². The molecule has 2 aromatic heterocycles. The second kappa shape index (κ2) is 6.59. The van der Waals surface area contributed by atoms with E-state index in [1.165, 1.54) is 6.07 Å². The fourth-order valence-corrected chi connectivity index (χ4v) is 5.87. The first-order chi connectivity index (χ1) is 16.0. The van der Waals surface area contributed by atoms with E-state index >= 15 is 0 Å². The molecule has 0 saturated heterocycles. The van der Waals surface area contributed by atoms with Gasteiger partial charge < -0.3 is 19.7 Å². The molecule has 2 fully saturated rings. The molecular weight excluding hydrogens is 425 g/mol. The highest BCUT2D eigenvalue weighted by atomic mass is 19.1. The summed E-state index contributed by atoms with van der Waals surface area (Å²) in [5, 5.41) is 7.51. The Morgan fingerprint density at radius 3 is 2.97 bits per heavy atom. The van der Waals surface area contributed by atoms with Crippen LogP contribution in [-0.2, 0) is 6.54 Å². The normalized spacial score (nSPS) is 29.9. The van der Waals surface area contributed by atoms with Crippen molar-refractivity contribution in [3.05, 3.63) is 47.5 Å². The molecule has 170 valence electrons. The van der Waals surface area contributed by atoms with Crippen LogP contribution < -0.4 is 19.7 Å². The van der Waals surface area contributed by atoms with Gasteiger partial charge in [-0.15, -0.1) is 0 Å². The monoisotopic (exact) mass is 449 g/mol. The quantitative estimate of drug-likeness (QED) is 0.568. The van der Waals surface area contributed by atoms with E-state index in [0.29, 0.717) is 47.9 Å². The van der Waals surface area contributed by atoms with Gasteiger partial charge in [0.05, 0.1) is 18.4 Å². The van der Waals surface area contributed by atoms with Gasteiger partial charge in [-0.3, -0.25) is 4.79 Å². The summed E-state index contributed by atoms with van der Waals surface area (Å²) in [7, 11) is 0. The van der Waals surface area contributed by atoms with Crippen LogP contribution in [0.15, 0.2) is 30.6 Å². The molecule has 1 N–H and O–H groups in total. The second-order valence-corrected chi connectivity index (χ2v) is 9.95. The van der Waals surface area contributed by atoms with Crippen molar-refractivity contribution in [1.29, 1.82) is 0 Å². The fraction of sp³-hybridized carbons (Fsp3) is 0.458. The number of aromatic nitrogens is 3. The van der Waals surface area contributed by atoms with Crippen molar-refractivity contribution in [2.45, 2.75) is 69.4 Å². The molecule has 2 saturated carbocycles. The maximum Gasteiger partial charge on any atom is 0.257 e. The Morgan fingerprint density at radius 1 is 1.21 bits per heavy atom. The molecule has 5 aliphatic rings. The number of hydrogen-bond acceptors (Lipinski definition) is 6. The SMILES string of the molecule is C[C@]12C[C@H](C1)Oc1ccc(F)cc1CN1c3nc4c(cnn4cc3O[C@H]3CCC[C@H]31)C(=O)N2. The van der Waals surface area contributed by atoms with Crippen molar-refractivity contribution in [2.75, 3.05) is 4.90 Å². The van der Waals surface area contributed by atoms with E-state index in [1.54, 1.807) is 29.0 Å². The van der Waals surface area contributed by atoms with E-state index in [-0.39, 0.29) is 35.5 Å². The highest BCUT2D eigenvalue weighted by molar-refractivity contribution is 6.00. The molecule has 5 heterocycles. The lowest BCUT2D eigenvalue weighted by Crippen LogP contribution is -2.58. The number of fused-ring (bicyclic) bond motifs is 2. The van der Waals surface area contributed by atoms with Gasteiger partial charge in [0.15, 0.2) is 17.2 Å². The fourth-order valence-electron chi connectivity index (χ4n) is 5.87. The minimum absolute atomic E-state index is 0.0370. The number of nitrogens with zero attached hydrogens (tertiary/aromatic N) is 4. The van der Waals surface area contributed by atoms with Gasteiger partial charge >= 0.3 is 0 Å². The summed E-state index contributed by atoms with van der Waals surface area (Å²) >= 11 is 0. The topological polar surface area (TPSA) is 81.0 Å². The molecule has 4 bridgehead atoms. The van der Waals surface area contributed by atoms with Gasteiger partial charge in [0.25, 0.3) is 5.91 Å². The van der Waals surface area contributed by atoms with Crippen molar-refractivity contribution in [3.8, 4) is 11.5 Å². The number of carbonyl (C=O) groups is 1. The van der Waals surface area contributed by atoms with E-state index in [0.717, 1.165) is 24.8 Å². The van der Waals surface area contributed by atoms with Gasteiger partial charge in [0, 0.05) is 30.5 Å². The van der Waals surface area contributed by atoms with E-state index in [4.69, 9.17) is 14.5 Å². The first-order valence-electron chi connectivity index (χ1n) is 11.6. The molecule has 2 aliphatic carbocycles. The number of rotatable bonds is 0. The molecule has 8 rings (SSSR count). The molecule has 0 radical (unpaired) electrons. The van der Waals surface area contributed by atoms with Crippen molar-refractivity contribution in [3.63, 3.8) is 0 Å². The van der Waals surface area contributed by atoms with Crippen LogP contribution in [0.2, 0.25) is 0 Å². The maximum absolute atomic E-state index is 14.3. The number of carbonyl (C=O) groups excluding carboxylic acids is 1. The summed E-state index contributed by atoms with van der Waals surface area (Å²) in [5.74, 6) is 1.48. The second-order valence-electron chi connectivity index (χ2n) is 9.95. The molecule has 8 nitrogen and oxygen atoms in total. The Bertz CT molecular complexity index is 1300. The number of amides is 1. The van der Waals surface area contributed by atoms with Crippen molar-refractivity contribution < 1.29 is 18.7 Å². The number of hydrogen-bond donors (Lipinski definition) is 1. The van der Waals surface area contributed by atoms with Gasteiger partial charge in [0.1, 0.15) is 29.3 Å². The van der Waals surface area contributed by atoms with Crippen LogP contribution in [0.1, 0.15) is 54.9 Å². The van der Waals surface area contributed by atoms with E-state index in [1.807, 2.05) is 6.92 Å². The van der Waals surface area contributed by atoms with Crippen molar-refractivity contribution in [2.24, 2.45) is 0 Å². The molecule has 33 heavy (non-hydrogen) atoms. The highest BCUT2D eigenvalue weighted by Crippen LogP contribution is 2.43. The van der Waals surface area contributed by atoms with Crippen LogP contribution in [0, 0.1) is 5.82 Å². The summed E-state index contributed by atoms with van der Waals surface area (Å²) in [5.41, 5.74) is 1.34. The van der Waals surface area contributed by atoms with Crippen LogP contribution in [0.4, 0.5) is 10.2 Å². The third-order valence-electron chi connectivity index (χ3n) is 7.48. The Labute approximate surface area is 189 Å². The minimum Gasteiger partial charge on any atom is -0.490 e. The standard InChI is InChI=1S/C24H24FN5O3/c1-24-8-15(9-24)32-18-6-5-14(25)7-13(18)11-29-17-3-2-4-19(17)33-20-12-30-21(27-22(20)29)16(10-26-30)23(31)28-24/h5-7,10,12,15,17,19H,2-4,8-9,11H2,1H3,(H,28,31)/t15-,17-,19+,24+/m1/s1. The summed E-state index contributed by atoms with van der Waals surface area (Å²) in [4.78, 5) is 20.2. The molecule has 2 atom stereocenters. The minimum atomic E-state index is -0.374. The summed E-state index contributed by atoms with van der Waals surface area (Å²) in [6, 6.07) is 4.84. The van der Waals surface area contributed by atoms with Crippen LogP contribution in [0.25, 0.3) is 5.65 Å². The molecule has 1 aromatic carbocycles. The molecule has 0 spiro atoms. The number of anilines is 1. The van der Waals surface area contributed by atoms with Gasteiger partial charge in [-0.25, -0.2) is 13.9 Å². The van der Waals surface area contributed by atoms with Crippen LogP contribution >= 0.6 is 0 Å². The lowest BCUT2D eigenvalue weighted by Gasteiger charge is -2.45. The smallest absolute Gasteiger partial charge is 0.257 e. The zero-order valence-electron chi connectivity index (χ0n) is 18.3. The number of halogens is 1. The summed E-state index contributed by atoms with van der Waals surface area (Å²) < 4.78 is 28.5. The average molecular weight is 449 g/mol. The van der Waals surface area contributed by atoms with E-state index < -0.39 is 0 Å². The Balaban J connectivity index is 1.43. The molecule has 0 unspecified atom stereocenters. The van der Waals surface area contributed by atoms with Gasteiger partial charge in [-0.2, -0.15) is 5.10 Å². The molecule has 3 aromatic rings. The lowest BCUT2D eigenvalue weighted by atomic mass is 9.75. The molecule has 1 amide bonds. The predicted molar refractivity (Wildman–Crippen MR) is 117 cm³/mol. The summed E-state index contributed by atoms with van der Waals surface area (Å²) in [6.07, 6.45) is 7.70. The molecular formula is C24H24FN5O3. The number of nitrogens with one attached hydrogen (secondary N) is 1. The highest BCUT2D eigenvalue weighted by Gasteiger charge is 2.45. The van der Waals surface area contributed by atoms with Gasteiger partial charge in [-0.1, -0.05) is 0 Å². The van der Waals surface area contributed by atoms with Crippen molar-refractivity contribution >= 4 is 17.4 Å². The summed E-state index contributed by atoms with van der Waals surface area (Å²) in [6.45, 7) is 2.46. The van der Waals surface area contributed by atoms with Crippen LogP contribution in [-0.4, -0.2) is 44.3 Å².